The Kier molecular flexibility index (Phi) is 5.07. The van der Waals surface area contributed by atoms with Crippen LogP contribution in [0, 0.1) is 13.8 Å². The maximum atomic E-state index is 13.0. The molecule has 0 radical (unpaired) electrons. The van der Waals surface area contributed by atoms with Crippen molar-refractivity contribution in [1.82, 2.24) is 10.1 Å². The number of amides is 1. The molecular formula is C21H18N4O5S. The van der Waals surface area contributed by atoms with Crippen LogP contribution in [0.15, 0.2) is 68.6 Å². The van der Waals surface area contributed by atoms with E-state index in [4.69, 9.17) is 14.7 Å². The van der Waals surface area contributed by atoms with Crippen LogP contribution in [0.25, 0.3) is 22.6 Å². The Bertz CT molecular complexity index is 1370. The van der Waals surface area contributed by atoms with Crippen molar-refractivity contribution >= 4 is 21.8 Å². The molecule has 1 amide bonds. The number of carbonyl (C=O) groups excluding carboxylic acids is 1. The van der Waals surface area contributed by atoms with Crippen molar-refractivity contribution in [3.8, 4) is 22.6 Å². The smallest absolute Gasteiger partial charge is 0.270 e. The lowest BCUT2D eigenvalue weighted by Gasteiger charge is -2.11. The molecular weight excluding hydrogens is 420 g/mol. The minimum atomic E-state index is -3.94. The van der Waals surface area contributed by atoms with Gasteiger partial charge in [-0.1, -0.05) is 35.5 Å². The molecule has 9 nitrogen and oxygen atoms in total. The number of sulfonamides is 1. The Morgan fingerprint density at radius 2 is 1.71 bits per heavy atom. The number of aromatic nitrogens is 2. The van der Waals surface area contributed by atoms with E-state index in [9.17, 15) is 13.2 Å². The number of oxazole rings is 1. The Hall–Kier alpha value is -3.92. The monoisotopic (exact) mass is 438 g/mol. The first-order chi connectivity index (χ1) is 14.8. The molecule has 0 saturated heterocycles. The lowest BCUT2D eigenvalue weighted by atomic mass is 10.0. The van der Waals surface area contributed by atoms with Gasteiger partial charge in [0.15, 0.2) is 5.69 Å². The van der Waals surface area contributed by atoms with E-state index in [-0.39, 0.29) is 22.4 Å². The number of benzene rings is 2. The topological polar surface area (TPSA) is 141 Å². The van der Waals surface area contributed by atoms with E-state index in [0.717, 1.165) is 0 Å². The molecule has 0 aliphatic heterocycles. The zero-order chi connectivity index (χ0) is 22.2. The van der Waals surface area contributed by atoms with E-state index >= 15 is 0 Å². The number of carbonyl (C=O) groups is 1. The van der Waals surface area contributed by atoms with E-state index < -0.39 is 15.9 Å². The molecule has 0 aliphatic rings. The molecule has 2 aromatic carbocycles. The number of aryl methyl sites for hydroxylation is 1. The van der Waals surface area contributed by atoms with Crippen LogP contribution in [-0.2, 0) is 10.0 Å². The minimum absolute atomic E-state index is 0.0273. The molecule has 0 saturated carbocycles. The number of rotatable bonds is 6. The third-order valence-corrected chi connectivity index (χ3v) is 6.15. The molecule has 4 rings (SSSR count). The van der Waals surface area contributed by atoms with Crippen LogP contribution < -0.4 is 10.5 Å². The molecule has 0 bridgehead atoms. The maximum Gasteiger partial charge on any atom is 0.270 e. The molecule has 0 aliphatic carbocycles. The molecule has 2 heterocycles. The molecule has 4 aromatic rings. The highest BCUT2D eigenvalue weighted by atomic mass is 32.2. The highest BCUT2D eigenvalue weighted by molar-refractivity contribution is 7.92. The predicted molar refractivity (Wildman–Crippen MR) is 113 cm³/mol. The van der Waals surface area contributed by atoms with Crippen molar-refractivity contribution in [2.45, 2.75) is 18.7 Å². The summed E-state index contributed by atoms with van der Waals surface area (Å²) >= 11 is 0. The summed E-state index contributed by atoms with van der Waals surface area (Å²) in [6.45, 7) is 3.45. The van der Waals surface area contributed by atoms with Crippen LogP contribution in [-0.4, -0.2) is 24.5 Å². The molecule has 0 spiro atoms. The Labute approximate surface area is 177 Å². The first-order valence-corrected chi connectivity index (χ1v) is 10.7. The van der Waals surface area contributed by atoms with Gasteiger partial charge in [-0.25, -0.2) is 18.1 Å². The number of hydrogen-bond donors (Lipinski definition) is 2. The summed E-state index contributed by atoms with van der Waals surface area (Å²) in [5, 5.41) is 3.78. The van der Waals surface area contributed by atoms with Gasteiger partial charge >= 0.3 is 0 Å². The van der Waals surface area contributed by atoms with E-state index in [2.05, 4.69) is 14.9 Å². The van der Waals surface area contributed by atoms with E-state index in [1.54, 1.807) is 56.3 Å². The van der Waals surface area contributed by atoms with Crippen LogP contribution in [0.1, 0.15) is 21.7 Å². The van der Waals surface area contributed by atoms with Crippen LogP contribution in [0.3, 0.4) is 0 Å². The Morgan fingerprint density at radius 3 is 2.32 bits per heavy atom. The molecule has 158 valence electrons. The lowest BCUT2D eigenvalue weighted by Crippen LogP contribution is -2.14. The van der Waals surface area contributed by atoms with Gasteiger partial charge < -0.3 is 14.7 Å². The average molecular weight is 438 g/mol. The molecule has 10 heteroatoms. The molecule has 0 atom stereocenters. The van der Waals surface area contributed by atoms with E-state index in [1.807, 2.05) is 0 Å². The normalized spacial score (nSPS) is 11.4. The number of nitrogens with zero attached hydrogens (tertiary/aromatic N) is 2. The Balaban J connectivity index is 1.68. The molecule has 0 fully saturated rings. The van der Waals surface area contributed by atoms with Gasteiger partial charge in [0, 0.05) is 16.7 Å². The first kappa shape index (κ1) is 20.4. The van der Waals surface area contributed by atoms with Gasteiger partial charge in [-0.15, -0.1) is 0 Å². The highest BCUT2D eigenvalue weighted by Crippen LogP contribution is 2.31. The summed E-state index contributed by atoms with van der Waals surface area (Å²) < 4.78 is 38.9. The van der Waals surface area contributed by atoms with Crippen molar-refractivity contribution in [2.75, 3.05) is 4.72 Å². The second-order valence-electron chi connectivity index (χ2n) is 6.80. The van der Waals surface area contributed by atoms with Crippen molar-refractivity contribution < 1.29 is 22.2 Å². The second kappa shape index (κ2) is 7.73. The number of primary amides is 1. The summed E-state index contributed by atoms with van der Waals surface area (Å²) in [4.78, 5) is 15.3. The summed E-state index contributed by atoms with van der Waals surface area (Å²) in [6.07, 6.45) is 1.19. The van der Waals surface area contributed by atoms with E-state index in [0.29, 0.717) is 27.9 Å². The zero-order valence-corrected chi connectivity index (χ0v) is 17.4. The molecule has 2 aromatic heterocycles. The standard InChI is InChI=1S/C21H18N4O5S/c1-12-13(2)24-30-20(12)25-31(27,28)18-6-4-3-5-16(18)14-7-9-15(10-8-14)21-23-17(11-29-21)19(22)26/h3-11,25H,1-2H3,(H2,22,26). The van der Waals surface area contributed by atoms with Crippen molar-refractivity contribution in [1.29, 1.82) is 0 Å². The van der Waals surface area contributed by atoms with Crippen LogP contribution >= 0.6 is 0 Å². The molecule has 0 unspecified atom stereocenters. The van der Waals surface area contributed by atoms with Gasteiger partial charge in [0.2, 0.25) is 11.8 Å². The molecule has 31 heavy (non-hydrogen) atoms. The van der Waals surface area contributed by atoms with Gasteiger partial charge in [0.05, 0.1) is 10.6 Å². The summed E-state index contributed by atoms with van der Waals surface area (Å²) in [7, 11) is -3.94. The largest absolute Gasteiger partial charge is 0.444 e. The van der Waals surface area contributed by atoms with Crippen molar-refractivity contribution in [3.63, 3.8) is 0 Å². The number of hydrogen-bond acceptors (Lipinski definition) is 7. The van der Waals surface area contributed by atoms with Crippen LogP contribution in [0.2, 0.25) is 0 Å². The van der Waals surface area contributed by atoms with Gasteiger partial charge in [0.1, 0.15) is 6.26 Å². The van der Waals surface area contributed by atoms with Gasteiger partial charge in [-0.05, 0) is 37.6 Å². The summed E-state index contributed by atoms with van der Waals surface area (Å²) in [5.74, 6) is -0.369. The molecule has 3 N–H and O–H groups in total. The predicted octanol–water partition coefficient (Wildman–Crippen LogP) is 3.51. The second-order valence-corrected chi connectivity index (χ2v) is 8.45. The average Bonchev–Trinajstić information content (AvgIpc) is 3.37. The van der Waals surface area contributed by atoms with Gasteiger partial charge in [-0.2, -0.15) is 0 Å². The fourth-order valence-corrected chi connectivity index (χ4v) is 4.22. The third kappa shape index (κ3) is 3.92. The highest BCUT2D eigenvalue weighted by Gasteiger charge is 2.22. The fraction of sp³-hybridized carbons (Fsp3) is 0.0952. The lowest BCUT2D eigenvalue weighted by molar-refractivity contribution is 0.0995. The minimum Gasteiger partial charge on any atom is -0.444 e. The first-order valence-electron chi connectivity index (χ1n) is 9.17. The summed E-state index contributed by atoms with van der Waals surface area (Å²) in [5.41, 5.74) is 8.22. The maximum absolute atomic E-state index is 13.0. The summed E-state index contributed by atoms with van der Waals surface area (Å²) in [6, 6.07) is 13.5. The Morgan fingerprint density at radius 1 is 1.03 bits per heavy atom. The number of anilines is 1. The zero-order valence-electron chi connectivity index (χ0n) is 16.6. The van der Waals surface area contributed by atoms with Crippen molar-refractivity contribution in [3.05, 3.63) is 71.7 Å². The SMILES string of the molecule is Cc1noc(NS(=O)(=O)c2ccccc2-c2ccc(-c3nc(C(N)=O)co3)cc2)c1C. The number of nitrogens with one attached hydrogen (secondary N) is 1. The number of nitrogens with two attached hydrogens (primary N) is 1. The van der Waals surface area contributed by atoms with Crippen LogP contribution in [0.5, 0.6) is 0 Å². The van der Waals surface area contributed by atoms with Gasteiger partial charge in [0.25, 0.3) is 15.9 Å². The van der Waals surface area contributed by atoms with Gasteiger partial charge in [-0.3, -0.25) is 4.79 Å². The fourth-order valence-electron chi connectivity index (χ4n) is 2.94. The van der Waals surface area contributed by atoms with Crippen LogP contribution in [0.4, 0.5) is 5.88 Å². The third-order valence-electron chi connectivity index (χ3n) is 4.76. The van der Waals surface area contributed by atoms with E-state index in [1.165, 1.54) is 12.3 Å². The van der Waals surface area contributed by atoms with Crippen molar-refractivity contribution in [2.24, 2.45) is 5.73 Å². The quantitative estimate of drug-likeness (QED) is 0.469.